The summed E-state index contributed by atoms with van der Waals surface area (Å²) in [6, 6.07) is 0. The number of fused-ring (bicyclic) bond motifs is 1. The van der Waals surface area contributed by atoms with Crippen LogP contribution in [0.1, 0.15) is 12.8 Å². The second-order valence-electron chi connectivity index (χ2n) is 3.72. The van der Waals surface area contributed by atoms with Crippen LogP contribution in [-0.2, 0) is 0 Å². The Morgan fingerprint density at radius 3 is 2.73 bits per heavy atom. The molecule has 0 radical (unpaired) electrons. The van der Waals surface area contributed by atoms with Crippen LogP contribution in [0.4, 0.5) is 0 Å². The molecule has 2 fully saturated rings. The minimum atomic E-state index is -0.483. The molecular formula is C8H15NO2. The molecule has 3 nitrogen and oxygen atoms in total. The highest BCUT2D eigenvalue weighted by atomic mass is 16.3. The average molecular weight is 157 g/mol. The smallest absolute Gasteiger partial charge is 0.0842 e. The van der Waals surface area contributed by atoms with E-state index in [1.165, 1.54) is 0 Å². The summed E-state index contributed by atoms with van der Waals surface area (Å²) in [6.07, 6.45) is 0.875. The summed E-state index contributed by atoms with van der Waals surface area (Å²) < 4.78 is 0. The van der Waals surface area contributed by atoms with Gasteiger partial charge in [-0.25, -0.2) is 0 Å². The van der Waals surface area contributed by atoms with Gasteiger partial charge in [0.05, 0.1) is 12.2 Å². The zero-order valence-corrected chi connectivity index (χ0v) is 6.53. The molecule has 1 aliphatic carbocycles. The first-order valence-electron chi connectivity index (χ1n) is 4.36. The van der Waals surface area contributed by atoms with Crippen molar-refractivity contribution in [3.05, 3.63) is 0 Å². The van der Waals surface area contributed by atoms with Gasteiger partial charge in [-0.1, -0.05) is 0 Å². The van der Waals surface area contributed by atoms with Gasteiger partial charge in [0.25, 0.3) is 0 Å². The lowest BCUT2D eigenvalue weighted by Crippen LogP contribution is -2.41. The molecule has 0 aromatic heterocycles. The largest absolute Gasteiger partial charge is 0.390 e. The lowest BCUT2D eigenvalue weighted by atomic mass is 9.78. The van der Waals surface area contributed by atoms with Crippen molar-refractivity contribution < 1.29 is 10.2 Å². The molecule has 2 rings (SSSR count). The molecule has 3 N–H and O–H groups in total. The van der Waals surface area contributed by atoms with Gasteiger partial charge in [-0.15, -0.1) is 0 Å². The van der Waals surface area contributed by atoms with Gasteiger partial charge in [-0.3, -0.25) is 0 Å². The van der Waals surface area contributed by atoms with E-state index in [1.54, 1.807) is 0 Å². The fraction of sp³-hybridized carbons (Fsp3) is 1.00. The fourth-order valence-corrected chi connectivity index (χ4v) is 2.31. The Morgan fingerprint density at radius 1 is 1.09 bits per heavy atom. The van der Waals surface area contributed by atoms with Crippen molar-refractivity contribution >= 4 is 0 Å². The topological polar surface area (TPSA) is 52.5 Å². The first kappa shape index (κ1) is 7.53. The molecule has 1 saturated heterocycles. The van der Waals surface area contributed by atoms with Gasteiger partial charge in [0, 0.05) is 12.5 Å². The van der Waals surface area contributed by atoms with Crippen molar-refractivity contribution in [3.8, 4) is 0 Å². The Balaban J connectivity index is 2.06. The Hall–Kier alpha value is -0.120. The van der Waals surface area contributed by atoms with E-state index in [0.717, 1.165) is 25.9 Å². The van der Waals surface area contributed by atoms with Crippen molar-refractivity contribution in [1.29, 1.82) is 0 Å². The molecule has 0 aromatic carbocycles. The Labute approximate surface area is 66.4 Å². The van der Waals surface area contributed by atoms with Crippen LogP contribution >= 0.6 is 0 Å². The van der Waals surface area contributed by atoms with Crippen LogP contribution in [0.15, 0.2) is 0 Å². The number of rotatable bonds is 0. The molecule has 64 valence electrons. The third kappa shape index (κ3) is 1.17. The first-order valence-corrected chi connectivity index (χ1v) is 4.36. The number of aliphatic hydroxyl groups excluding tert-OH is 2. The van der Waals surface area contributed by atoms with Crippen LogP contribution in [0, 0.1) is 11.8 Å². The van der Waals surface area contributed by atoms with Crippen LogP contribution in [0.3, 0.4) is 0 Å². The third-order valence-corrected chi connectivity index (χ3v) is 3.06. The van der Waals surface area contributed by atoms with Gasteiger partial charge in [0.15, 0.2) is 0 Å². The van der Waals surface area contributed by atoms with Crippen molar-refractivity contribution in [2.75, 3.05) is 13.1 Å². The van der Waals surface area contributed by atoms with Crippen LogP contribution in [0.25, 0.3) is 0 Å². The van der Waals surface area contributed by atoms with Crippen molar-refractivity contribution in [1.82, 2.24) is 5.32 Å². The molecule has 1 saturated carbocycles. The van der Waals surface area contributed by atoms with E-state index >= 15 is 0 Å². The molecule has 4 atom stereocenters. The van der Waals surface area contributed by atoms with E-state index in [9.17, 15) is 10.2 Å². The second kappa shape index (κ2) is 2.73. The standard InChI is InChI=1S/C8H15NO2/c10-7-2-1-5-3-9-4-6(5)8(7)11/h5-11H,1-4H2/t5-,6-,7+,8+/m0/s1. The molecule has 0 bridgehead atoms. The Bertz CT molecular complexity index is 151. The van der Waals surface area contributed by atoms with Gasteiger partial charge in [-0.2, -0.15) is 0 Å². The molecule has 0 spiro atoms. The van der Waals surface area contributed by atoms with E-state index in [4.69, 9.17) is 0 Å². The predicted octanol–water partition coefficient (Wildman–Crippen LogP) is -0.662. The summed E-state index contributed by atoms with van der Waals surface area (Å²) in [5, 5.41) is 22.1. The average Bonchev–Trinajstić information content (AvgIpc) is 2.45. The molecule has 11 heavy (non-hydrogen) atoms. The van der Waals surface area contributed by atoms with Gasteiger partial charge >= 0.3 is 0 Å². The van der Waals surface area contributed by atoms with E-state index < -0.39 is 12.2 Å². The van der Waals surface area contributed by atoms with E-state index in [1.807, 2.05) is 0 Å². The molecule has 0 aromatic rings. The summed E-state index contributed by atoms with van der Waals surface area (Å²) >= 11 is 0. The summed E-state index contributed by atoms with van der Waals surface area (Å²) in [5.41, 5.74) is 0. The Kier molecular flexibility index (Phi) is 1.87. The highest BCUT2D eigenvalue weighted by Crippen LogP contribution is 2.32. The van der Waals surface area contributed by atoms with Crippen LogP contribution in [-0.4, -0.2) is 35.5 Å². The van der Waals surface area contributed by atoms with E-state index in [-0.39, 0.29) is 0 Å². The maximum atomic E-state index is 9.56. The zero-order chi connectivity index (χ0) is 7.84. The molecule has 3 heteroatoms. The van der Waals surface area contributed by atoms with E-state index in [2.05, 4.69) is 5.32 Å². The number of aliphatic hydroxyl groups is 2. The number of hydrogen-bond acceptors (Lipinski definition) is 3. The van der Waals surface area contributed by atoms with E-state index in [0.29, 0.717) is 11.8 Å². The van der Waals surface area contributed by atoms with Gasteiger partial charge in [0.2, 0.25) is 0 Å². The zero-order valence-electron chi connectivity index (χ0n) is 6.53. The minimum absolute atomic E-state index is 0.304. The number of hydrogen-bond donors (Lipinski definition) is 3. The fourth-order valence-electron chi connectivity index (χ4n) is 2.31. The summed E-state index contributed by atoms with van der Waals surface area (Å²) in [5.74, 6) is 0.909. The van der Waals surface area contributed by atoms with Crippen LogP contribution in [0.5, 0.6) is 0 Å². The second-order valence-corrected chi connectivity index (χ2v) is 3.72. The number of nitrogens with one attached hydrogen (secondary N) is 1. The monoisotopic (exact) mass is 157 g/mol. The molecular weight excluding hydrogens is 142 g/mol. The predicted molar refractivity (Wildman–Crippen MR) is 41.1 cm³/mol. The van der Waals surface area contributed by atoms with Crippen molar-refractivity contribution in [3.63, 3.8) is 0 Å². The maximum absolute atomic E-state index is 9.56. The highest BCUT2D eigenvalue weighted by Gasteiger charge is 2.39. The molecule has 1 aliphatic heterocycles. The quantitative estimate of drug-likeness (QED) is 0.437. The van der Waals surface area contributed by atoms with Gasteiger partial charge < -0.3 is 15.5 Å². The summed E-state index contributed by atoms with van der Waals surface area (Å²) in [4.78, 5) is 0. The normalized spacial score (nSPS) is 50.7. The molecule has 0 unspecified atom stereocenters. The lowest BCUT2D eigenvalue weighted by Gasteiger charge is -2.33. The van der Waals surface area contributed by atoms with Gasteiger partial charge in [-0.05, 0) is 25.3 Å². The highest BCUT2D eigenvalue weighted by molar-refractivity contribution is 4.93. The van der Waals surface area contributed by atoms with Crippen molar-refractivity contribution in [2.45, 2.75) is 25.0 Å². The van der Waals surface area contributed by atoms with Crippen LogP contribution in [0.2, 0.25) is 0 Å². The van der Waals surface area contributed by atoms with Crippen LogP contribution < -0.4 is 5.32 Å². The first-order chi connectivity index (χ1) is 5.29. The molecule has 0 amide bonds. The minimum Gasteiger partial charge on any atom is -0.390 e. The van der Waals surface area contributed by atoms with Gasteiger partial charge in [0.1, 0.15) is 0 Å². The Morgan fingerprint density at radius 2 is 1.91 bits per heavy atom. The third-order valence-electron chi connectivity index (χ3n) is 3.06. The maximum Gasteiger partial charge on any atom is 0.0842 e. The summed E-state index contributed by atoms with van der Waals surface area (Å²) in [7, 11) is 0. The SMILES string of the molecule is O[C@@H]1[C@H]2CNC[C@@H]2CC[C@H]1O. The lowest BCUT2D eigenvalue weighted by molar-refractivity contribution is -0.0533. The molecule has 2 aliphatic rings. The molecule has 1 heterocycles. The summed E-state index contributed by atoms with van der Waals surface area (Å²) in [6.45, 7) is 1.90. The van der Waals surface area contributed by atoms with Crippen molar-refractivity contribution in [2.24, 2.45) is 11.8 Å².